The van der Waals surface area contributed by atoms with Crippen molar-refractivity contribution in [1.29, 1.82) is 0 Å². The molecule has 0 amide bonds. The number of fused-ring (bicyclic) bond motifs is 2. The van der Waals surface area contributed by atoms with E-state index in [0.717, 1.165) is 77.8 Å². The Balaban J connectivity index is 1.50. The molecule has 0 aliphatic carbocycles. The summed E-state index contributed by atoms with van der Waals surface area (Å²) in [7, 11) is 0. The van der Waals surface area contributed by atoms with E-state index in [-0.39, 0.29) is 0 Å². The number of oxazole rings is 2. The SMILES string of the molecule is Cc1nc(C)c(-c2cncc(-c3c4ccccc4c(-c4cncc(-c5oc(C)nc5C)c4)c4ccccc34)c2)o1. The highest BCUT2D eigenvalue weighted by Crippen LogP contribution is 2.44. The Hall–Kier alpha value is -5.10. The average Bonchev–Trinajstić information content (AvgIpc) is 3.50. The van der Waals surface area contributed by atoms with Crippen LogP contribution in [0, 0.1) is 27.7 Å². The first-order chi connectivity index (χ1) is 19.5. The summed E-state index contributed by atoms with van der Waals surface area (Å²) in [6, 6.07) is 21.3. The van der Waals surface area contributed by atoms with Crippen molar-refractivity contribution in [3.8, 4) is 44.9 Å². The minimum absolute atomic E-state index is 0.643. The van der Waals surface area contributed by atoms with Crippen molar-refractivity contribution < 1.29 is 8.83 Å². The number of aromatic nitrogens is 4. The molecule has 4 aromatic heterocycles. The van der Waals surface area contributed by atoms with E-state index in [1.807, 2.05) is 52.5 Å². The van der Waals surface area contributed by atoms with Gasteiger partial charge in [-0.15, -0.1) is 0 Å². The molecular formula is C34H26N4O2. The van der Waals surface area contributed by atoms with E-state index in [1.54, 1.807) is 0 Å². The zero-order valence-electron chi connectivity index (χ0n) is 22.7. The predicted octanol–water partition coefficient (Wildman–Crippen LogP) is 8.66. The summed E-state index contributed by atoms with van der Waals surface area (Å²) in [6.45, 7) is 7.65. The first-order valence-corrected chi connectivity index (χ1v) is 13.2. The quantitative estimate of drug-likeness (QED) is 0.215. The lowest BCUT2D eigenvalue weighted by atomic mass is 9.86. The maximum absolute atomic E-state index is 5.93. The van der Waals surface area contributed by atoms with Gasteiger partial charge in [0.25, 0.3) is 0 Å². The topological polar surface area (TPSA) is 77.8 Å². The van der Waals surface area contributed by atoms with Crippen molar-refractivity contribution in [2.45, 2.75) is 27.7 Å². The summed E-state index contributed by atoms with van der Waals surface area (Å²) in [6.07, 6.45) is 7.51. The highest BCUT2D eigenvalue weighted by atomic mass is 16.4. The van der Waals surface area contributed by atoms with Gasteiger partial charge < -0.3 is 8.83 Å². The first-order valence-electron chi connectivity index (χ1n) is 13.2. The molecule has 7 rings (SSSR count). The Bertz CT molecular complexity index is 1860. The summed E-state index contributed by atoms with van der Waals surface area (Å²) in [5.41, 5.74) is 7.81. The summed E-state index contributed by atoms with van der Waals surface area (Å²) >= 11 is 0. The third-order valence-corrected chi connectivity index (χ3v) is 7.32. The van der Waals surface area contributed by atoms with Gasteiger partial charge in [0, 0.05) is 60.9 Å². The van der Waals surface area contributed by atoms with Gasteiger partial charge in [-0.3, -0.25) is 9.97 Å². The van der Waals surface area contributed by atoms with Crippen molar-refractivity contribution in [3.05, 3.63) is 109 Å². The van der Waals surface area contributed by atoms with Crippen LogP contribution in [0.1, 0.15) is 23.2 Å². The molecule has 6 nitrogen and oxygen atoms in total. The van der Waals surface area contributed by atoms with Crippen LogP contribution in [0.5, 0.6) is 0 Å². The Morgan fingerprint density at radius 2 is 0.825 bits per heavy atom. The predicted molar refractivity (Wildman–Crippen MR) is 158 cm³/mol. The van der Waals surface area contributed by atoms with Crippen molar-refractivity contribution in [1.82, 2.24) is 19.9 Å². The second kappa shape index (κ2) is 9.27. The molecule has 194 valence electrons. The molecule has 3 aromatic carbocycles. The third-order valence-electron chi connectivity index (χ3n) is 7.32. The zero-order valence-corrected chi connectivity index (χ0v) is 22.7. The highest BCUT2D eigenvalue weighted by molar-refractivity contribution is 6.21. The van der Waals surface area contributed by atoms with Crippen LogP contribution in [0.15, 0.2) is 94.3 Å². The van der Waals surface area contributed by atoms with Crippen LogP contribution in [0.2, 0.25) is 0 Å². The van der Waals surface area contributed by atoms with Gasteiger partial charge >= 0.3 is 0 Å². The molecule has 0 saturated heterocycles. The van der Waals surface area contributed by atoms with Gasteiger partial charge in [0.1, 0.15) is 0 Å². The highest BCUT2D eigenvalue weighted by Gasteiger charge is 2.19. The van der Waals surface area contributed by atoms with Crippen LogP contribution in [0.3, 0.4) is 0 Å². The molecule has 0 N–H and O–H groups in total. The molecule has 7 aromatic rings. The molecule has 0 atom stereocenters. The van der Waals surface area contributed by atoms with Crippen molar-refractivity contribution in [2.24, 2.45) is 0 Å². The molecule has 4 heterocycles. The van der Waals surface area contributed by atoms with E-state index in [2.05, 4.69) is 80.6 Å². The lowest BCUT2D eigenvalue weighted by Gasteiger charge is -2.18. The van der Waals surface area contributed by atoms with Gasteiger partial charge in [-0.1, -0.05) is 48.5 Å². The normalized spacial score (nSPS) is 11.5. The summed E-state index contributed by atoms with van der Waals surface area (Å²) in [5, 5.41) is 4.55. The van der Waals surface area contributed by atoms with Gasteiger partial charge in [0.2, 0.25) is 0 Å². The molecule has 0 aliphatic rings. The van der Waals surface area contributed by atoms with Crippen LogP contribution in [0.4, 0.5) is 0 Å². The van der Waals surface area contributed by atoms with E-state index in [0.29, 0.717) is 11.8 Å². The van der Waals surface area contributed by atoms with E-state index in [1.165, 1.54) is 0 Å². The molecule has 0 aliphatic heterocycles. The second-order valence-corrected chi connectivity index (χ2v) is 10.1. The number of aryl methyl sites for hydroxylation is 4. The average molecular weight is 523 g/mol. The smallest absolute Gasteiger partial charge is 0.192 e. The number of benzene rings is 3. The van der Waals surface area contributed by atoms with Gasteiger partial charge in [-0.2, -0.15) is 0 Å². The monoisotopic (exact) mass is 522 g/mol. The van der Waals surface area contributed by atoms with Crippen LogP contribution in [-0.2, 0) is 0 Å². The van der Waals surface area contributed by atoms with Crippen LogP contribution in [-0.4, -0.2) is 19.9 Å². The molecule has 0 fully saturated rings. The van der Waals surface area contributed by atoms with Crippen LogP contribution in [0.25, 0.3) is 66.4 Å². The van der Waals surface area contributed by atoms with Gasteiger partial charge in [0.05, 0.1) is 11.4 Å². The maximum atomic E-state index is 5.93. The van der Waals surface area contributed by atoms with Crippen molar-refractivity contribution in [3.63, 3.8) is 0 Å². The minimum Gasteiger partial charge on any atom is -0.441 e. The fourth-order valence-electron chi connectivity index (χ4n) is 5.75. The van der Waals surface area contributed by atoms with Gasteiger partial charge in [0.15, 0.2) is 23.3 Å². The molecule has 0 radical (unpaired) electrons. The summed E-state index contributed by atoms with van der Waals surface area (Å²) in [4.78, 5) is 18.2. The van der Waals surface area contributed by atoms with Crippen molar-refractivity contribution >= 4 is 21.5 Å². The number of nitrogens with zero attached hydrogens (tertiary/aromatic N) is 4. The standard InChI is InChI=1S/C34H26N4O2/c1-19-33(39-21(3)37-19)25-13-23(15-35-17-25)31-27-9-5-7-11-29(27)32(30-12-8-6-10-28(30)31)24-14-26(18-36-16-24)34-20(2)38-22(4)40-34/h5-18H,1-4H3. The Kier molecular flexibility index (Phi) is 5.56. The Morgan fingerprint density at radius 1 is 0.475 bits per heavy atom. The summed E-state index contributed by atoms with van der Waals surface area (Å²) < 4.78 is 11.9. The van der Waals surface area contributed by atoms with Crippen molar-refractivity contribution in [2.75, 3.05) is 0 Å². The van der Waals surface area contributed by atoms with Gasteiger partial charge in [-0.05, 0) is 58.7 Å². The number of hydrogen-bond donors (Lipinski definition) is 0. The molecular weight excluding hydrogens is 496 g/mol. The fourth-order valence-corrected chi connectivity index (χ4v) is 5.75. The van der Waals surface area contributed by atoms with E-state index < -0.39 is 0 Å². The maximum Gasteiger partial charge on any atom is 0.192 e. The molecule has 0 spiro atoms. The molecule has 40 heavy (non-hydrogen) atoms. The van der Waals surface area contributed by atoms with E-state index in [4.69, 9.17) is 8.83 Å². The summed E-state index contributed by atoms with van der Waals surface area (Å²) in [5.74, 6) is 2.78. The third kappa shape index (κ3) is 3.88. The molecule has 0 unspecified atom stereocenters. The first kappa shape index (κ1) is 24.0. The Labute approximate surface area is 231 Å². The fraction of sp³-hybridized carbons (Fsp3) is 0.118. The van der Waals surface area contributed by atoms with Crippen LogP contribution >= 0.6 is 0 Å². The minimum atomic E-state index is 0.643. The lowest BCUT2D eigenvalue weighted by Crippen LogP contribution is -1.93. The lowest BCUT2D eigenvalue weighted by molar-refractivity contribution is 0.533. The Morgan fingerprint density at radius 3 is 1.15 bits per heavy atom. The molecule has 6 heteroatoms. The van der Waals surface area contributed by atoms with E-state index >= 15 is 0 Å². The largest absolute Gasteiger partial charge is 0.441 e. The number of pyridine rings is 2. The number of rotatable bonds is 4. The van der Waals surface area contributed by atoms with E-state index in [9.17, 15) is 0 Å². The number of hydrogen-bond acceptors (Lipinski definition) is 6. The molecule has 0 bridgehead atoms. The van der Waals surface area contributed by atoms with Gasteiger partial charge in [-0.25, -0.2) is 9.97 Å². The zero-order chi connectivity index (χ0) is 27.4. The van der Waals surface area contributed by atoms with Crippen LogP contribution < -0.4 is 0 Å². The molecule has 0 saturated carbocycles. The second-order valence-electron chi connectivity index (χ2n) is 10.1.